The van der Waals surface area contributed by atoms with Crippen LogP contribution in [-0.2, 0) is 21.4 Å². The fourth-order valence-corrected chi connectivity index (χ4v) is 2.35. The number of aromatic nitrogens is 2. The van der Waals surface area contributed by atoms with Crippen molar-refractivity contribution in [3.05, 3.63) is 11.8 Å². The van der Waals surface area contributed by atoms with Crippen LogP contribution in [0.3, 0.4) is 0 Å². The van der Waals surface area contributed by atoms with E-state index in [1.807, 2.05) is 13.8 Å². The maximum Gasteiger partial charge on any atom is 0.238 e. The fourth-order valence-electron chi connectivity index (χ4n) is 1.56. The SMILES string of the molecule is CCCn1nc(N(CC(N)=O)S(C)(=O)=O)cc1C. The second-order valence-electron chi connectivity index (χ2n) is 4.10. The lowest BCUT2D eigenvalue weighted by atomic mass is 10.4. The van der Waals surface area contributed by atoms with Crippen molar-refractivity contribution in [2.45, 2.75) is 26.8 Å². The zero-order valence-corrected chi connectivity index (χ0v) is 11.6. The predicted molar refractivity (Wildman–Crippen MR) is 68.6 cm³/mol. The molecule has 18 heavy (non-hydrogen) atoms. The molecule has 0 saturated heterocycles. The van der Waals surface area contributed by atoms with Gasteiger partial charge in [0.05, 0.1) is 6.26 Å². The topological polar surface area (TPSA) is 98.3 Å². The quantitative estimate of drug-likeness (QED) is 0.780. The Hall–Kier alpha value is -1.57. The molecule has 0 radical (unpaired) electrons. The lowest BCUT2D eigenvalue weighted by molar-refractivity contribution is -0.116. The number of rotatable bonds is 6. The van der Waals surface area contributed by atoms with Gasteiger partial charge in [0, 0.05) is 18.3 Å². The first kappa shape index (κ1) is 14.5. The lowest BCUT2D eigenvalue weighted by Crippen LogP contribution is -2.38. The monoisotopic (exact) mass is 274 g/mol. The number of aryl methyl sites for hydroxylation is 2. The van der Waals surface area contributed by atoms with Gasteiger partial charge in [-0.2, -0.15) is 5.10 Å². The Balaban J connectivity index is 3.14. The average Bonchev–Trinajstić information content (AvgIpc) is 2.55. The van der Waals surface area contributed by atoms with Gasteiger partial charge in [-0.25, -0.2) is 12.7 Å². The molecule has 0 aliphatic rings. The van der Waals surface area contributed by atoms with Crippen LogP contribution in [0.15, 0.2) is 6.07 Å². The highest BCUT2D eigenvalue weighted by molar-refractivity contribution is 7.92. The van der Waals surface area contributed by atoms with Gasteiger partial charge < -0.3 is 5.73 Å². The van der Waals surface area contributed by atoms with Crippen molar-refractivity contribution in [3.63, 3.8) is 0 Å². The molecule has 102 valence electrons. The van der Waals surface area contributed by atoms with E-state index in [9.17, 15) is 13.2 Å². The molecule has 1 heterocycles. The molecule has 0 atom stereocenters. The Kier molecular flexibility index (Phi) is 4.33. The number of sulfonamides is 1. The van der Waals surface area contributed by atoms with E-state index in [1.54, 1.807) is 10.7 Å². The van der Waals surface area contributed by atoms with Gasteiger partial charge in [0.2, 0.25) is 15.9 Å². The highest BCUT2D eigenvalue weighted by atomic mass is 32.2. The first-order valence-electron chi connectivity index (χ1n) is 5.56. The smallest absolute Gasteiger partial charge is 0.238 e. The molecule has 2 N–H and O–H groups in total. The minimum atomic E-state index is -3.57. The van der Waals surface area contributed by atoms with Crippen molar-refractivity contribution in [2.24, 2.45) is 5.73 Å². The van der Waals surface area contributed by atoms with Crippen LogP contribution >= 0.6 is 0 Å². The molecule has 0 aromatic carbocycles. The minimum absolute atomic E-state index is 0.224. The van der Waals surface area contributed by atoms with Crippen molar-refractivity contribution in [1.82, 2.24) is 9.78 Å². The van der Waals surface area contributed by atoms with Crippen LogP contribution in [0.1, 0.15) is 19.0 Å². The third-order valence-electron chi connectivity index (χ3n) is 2.36. The molecule has 8 heteroatoms. The summed E-state index contributed by atoms with van der Waals surface area (Å²) in [6.45, 7) is 4.12. The highest BCUT2D eigenvalue weighted by Gasteiger charge is 2.22. The molecule has 1 aromatic rings. The lowest BCUT2D eigenvalue weighted by Gasteiger charge is -2.17. The molecule has 1 aromatic heterocycles. The van der Waals surface area contributed by atoms with Gasteiger partial charge in [-0.15, -0.1) is 0 Å². The van der Waals surface area contributed by atoms with E-state index in [4.69, 9.17) is 5.73 Å². The first-order chi connectivity index (χ1) is 8.25. The number of carbonyl (C=O) groups excluding carboxylic acids is 1. The van der Waals surface area contributed by atoms with E-state index in [1.165, 1.54) is 0 Å². The first-order valence-corrected chi connectivity index (χ1v) is 7.41. The van der Waals surface area contributed by atoms with Crippen molar-refractivity contribution in [1.29, 1.82) is 0 Å². The number of nitrogens with two attached hydrogens (primary N) is 1. The molecule has 1 rings (SSSR count). The summed E-state index contributed by atoms with van der Waals surface area (Å²) < 4.78 is 25.8. The van der Waals surface area contributed by atoms with Crippen LogP contribution < -0.4 is 10.0 Å². The third-order valence-corrected chi connectivity index (χ3v) is 3.48. The normalized spacial score (nSPS) is 11.5. The van der Waals surface area contributed by atoms with Crippen molar-refractivity contribution in [3.8, 4) is 0 Å². The van der Waals surface area contributed by atoms with Crippen molar-refractivity contribution < 1.29 is 13.2 Å². The minimum Gasteiger partial charge on any atom is -0.368 e. The van der Waals surface area contributed by atoms with Gasteiger partial charge in [-0.1, -0.05) is 6.92 Å². The summed E-state index contributed by atoms with van der Waals surface area (Å²) in [5.41, 5.74) is 5.89. The van der Waals surface area contributed by atoms with E-state index >= 15 is 0 Å². The standard InChI is InChI=1S/C10H18N4O3S/c1-4-5-13-8(2)6-10(12-13)14(7-9(11)15)18(3,16)17/h6H,4-5,7H2,1-3H3,(H2,11,15). The third kappa shape index (κ3) is 3.46. The van der Waals surface area contributed by atoms with Crippen LogP contribution in [0.2, 0.25) is 0 Å². The van der Waals surface area contributed by atoms with Crippen LogP contribution in [-0.4, -0.2) is 36.9 Å². The maximum absolute atomic E-state index is 11.6. The Bertz CT molecular complexity index is 535. The second kappa shape index (κ2) is 5.38. The van der Waals surface area contributed by atoms with Gasteiger partial charge in [0.1, 0.15) is 6.54 Å². The molecule has 1 amide bonds. The zero-order chi connectivity index (χ0) is 13.9. The summed E-state index contributed by atoms with van der Waals surface area (Å²) >= 11 is 0. The molecule has 0 aliphatic carbocycles. The Labute approximate surface area is 107 Å². The van der Waals surface area contributed by atoms with Crippen LogP contribution in [0, 0.1) is 6.92 Å². The van der Waals surface area contributed by atoms with E-state index < -0.39 is 22.5 Å². The van der Waals surface area contributed by atoms with Crippen LogP contribution in [0.4, 0.5) is 5.82 Å². The van der Waals surface area contributed by atoms with Gasteiger partial charge in [-0.3, -0.25) is 9.48 Å². The molecular weight excluding hydrogens is 256 g/mol. The molecule has 0 spiro atoms. The van der Waals surface area contributed by atoms with Crippen molar-refractivity contribution >= 4 is 21.7 Å². The number of hydrogen-bond donors (Lipinski definition) is 1. The second-order valence-corrected chi connectivity index (χ2v) is 6.01. The van der Waals surface area contributed by atoms with Crippen LogP contribution in [0.25, 0.3) is 0 Å². The summed E-state index contributed by atoms with van der Waals surface area (Å²) in [5.74, 6) is -0.495. The summed E-state index contributed by atoms with van der Waals surface area (Å²) in [4.78, 5) is 10.9. The van der Waals surface area contributed by atoms with E-state index in [0.29, 0.717) is 6.54 Å². The molecule has 0 saturated carbocycles. The zero-order valence-electron chi connectivity index (χ0n) is 10.8. The number of nitrogens with zero attached hydrogens (tertiary/aromatic N) is 3. The largest absolute Gasteiger partial charge is 0.368 e. The van der Waals surface area contributed by atoms with Crippen LogP contribution in [0.5, 0.6) is 0 Å². The fraction of sp³-hybridized carbons (Fsp3) is 0.600. The molecule has 7 nitrogen and oxygen atoms in total. The molecule has 0 unspecified atom stereocenters. The van der Waals surface area contributed by atoms with Gasteiger partial charge >= 0.3 is 0 Å². The molecule has 0 bridgehead atoms. The number of anilines is 1. The summed E-state index contributed by atoms with van der Waals surface area (Å²) in [6.07, 6.45) is 1.90. The predicted octanol–water partition coefficient (Wildman–Crippen LogP) is -0.147. The Morgan fingerprint density at radius 2 is 2.17 bits per heavy atom. The average molecular weight is 274 g/mol. The summed E-state index contributed by atoms with van der Waals surface area (Å²) in [5, 5.41) is 4.18. The molecule has 0 aliphatic heterocycles. The van der Waals surface area contributed by atoms with Gasteiger partial charge in [0.25, 0.3) is 0 Å². The van der Waals surface area contributed by atoms with Gasteiger partial charge in [0.15, 0.2) is 5.82 Å². The van der Waals surface area contributed by atoms with Crippen molar-refractivity contribution in [2.75, 3.05) is 17.1 Å². The number of primary amides is 1. The maximum atomic E-state index is 11.6. The Morgan fingerprint density at radius 3 is 2.61 bits per heavy atom. The van der Waals surface area contributed by atoms with E-state index in [0.717, 1.165) is 22.7 Å². The Morgan fingerprint density at radius 1 is 1.56 bits per heavy atom. The summed E-state index contributed by atoms with van der Waals surface area (Å²) in [6, 6.07) is 1.62. The number of amides is 1. The summed E-state index contributed by atoms with van der Waals surface area (Å²) in [7, 11) is -3.57. The molecular formula is C10H18N4O3S. The van der Waals surface area contributed by atoms with Gasteiger partial charge in [-0.05, 0) is 13.3 Å². The number of carbonyl (C=O) groups is 1. The molecule has 0 fully saturated rings. The van der Waals surface area contributed by atoms with E-state index in [-0.39, 0.29) is 5.82 Å². The van der Waals surface area contributed by atoms with E-state index in [2.05, 4.69) is 5.10 Å². The highest BCUT2D eigenvalue weighted by Crippen LogP contribution is 2.17. The number of hydrogen-bond acceptors (Lipinski definition) is 4.